The number of fused-ring (bicyclic) bond motifs is 1. The fourth-order valence-corrected chi connectivity index (χ4v) is 6.75. The molecule has 212 valence electrons. The summed E-state index contributed by atoms with van der Waals surface area (Å²) in [5.41, 5.74) is 7.61. The zero-order valence-electron chi connectivity index (χ0n) is 25.2. The Balaban J connectivity index is 1.36. The molecule has 0 amide bonds. The first-order chi connectivity index (χ1) is 21.4. The van der Waals surface area contributed by atoms with Crippen LogP contribution in [0.4, 0.5) is 0 Å². The fraction of sp³-hybridized carbons (Fsp3) is 0.0750. The molecule has 3 nitrogen and oxygen atoms in total. The van der Waals surface area contributed by atoms with Crippen LogP contribution < -0.4 is 5.19 Å². The Morgan fingerprint density at radius 3 is 1.43 bits per heavy atom. The molecule has 1 aromatic heterocycles. The summed E-state index contributed by atoms with van der Waals surface area (Å²) >= 11 is 0. The van der Waals surface area contributed by atoms with Crippen LogP contribution in [0.15, 0.2) is 146 Å². The molecule has 0 saturated carbocycles. The largest absolute Gasteiger partial charge is 0.208 e. The van der Waals surface area contributed by atoms with Gasteiger partial charge in [0.05, 0.1) is 8.07 Å². The summed E-state index contributed by atoms with van der Waals surface area (Å²) in [6, 6.07) is 51.2. The van der Waals surface area contributed by atoms with Gasteiger partial charge < -0.3 is 0 Å². The third-order valence-electron chi connectivity index (χ3n) is 8.05. The fourth-order valence-electron chi connectivity index (χ4n) is 5.56. The number of rotatable bonds is 6. The zero-order valence-corrected chi connectivity index (χ0v) is 26.2. The smallest absolute Gasteiger partial charge is 0.164 e. The molecular weight excluding hydrogens is 551 g/mol. The first kappa shape index (κ1) is 27.6. The summed E-state index contributed by atoms with van der Waals surface area (Å²) in [5.74, 6) is 2.03. The number of hydrogen-bond acceptors (Lipinski definition) is 3. The molecule has 0 N–H and O–H groups in total. The van der Waals surface area contributed by atoms with E-state index in [-0.39, 0.29) is 0 Å². The van der Waals surface area contributed by atoms with E-state index in [1.54, 1.807) is 0 Å². The van der Waals surface area contributed by atoms with Crippen LogP contribution in [-0.4, -0.2) is 23.0 Å². The van der Waals surface area contributed by atoms with E-state index in [2.05, 4.69) is 159 Å². The van der Waals surface area contributed by atoms with Gasteiger partial charge in [-0.15, -0.1) is 0 Å². The van der Waals surface area contributed by atoms with Crippen LogP contribution in [0.25, 0.3) is 67.2 Å². The minimum absolute atomic E-state index is 0.664. The number of hydrogen-bond donors (Lipinski definition) is 0. The molecule has 0 spiro atoms. The van der Waals surface area contributed by atoms with Crippen molar-refractivity contribution in [3.8, 4) is 56.4 Å². The molecule has 0 bridgehead atoms. The molecule has 0 aliphatic carbocycles. The lowest BCUT2D eigenvalue weighted by Gasteiger charge is -2.17. The van der Waals surface area contributed by atoms with E-state index in [1.807, 2.05) is 6.07 Å². The molecular formula is C40H33N3Si. The third kappa shape index (κ3) is 5.72. The Kier molecular flexibility index (Phi) is 7.21. The monoisotopic (exact) mass is 583 g/mol. The van der Waals surface area contributed by atoms with Gasteiger partial charge in [-0.2, -0.15) is 0 Å². The topological polar surface area (TPSA) is 38.7 Å². The standard InChI is InChI=1S/C40H33N3Si/c1-44(2,3)37-21-11-20-35(27-37)39-41-38(42-40(43-39)36-23-22-29-14-7-8-15-30(29)25-36)34-19-10-18-33(26-34)32-17-9-16-31(24-32)28-12-5-4-6-13-28/h4-27H,1-3H3. The molecule has 0 radical (unpaired) electrons. The van der Waals surface area contributed by atoms with Gasteiger partial charge in [0.2, 0.25) is 0 Å². The van der Waals surface area contributed by atoms with Gasteiger partial charge in [0.15, 0.2) is 17.5 Å². The average molecular weight is 584 g/mol. The summed E-state index contributed by atoms with van der Waals surface area (Å²) in [4.78, 5) is 15.2. The lowest BCUT2D eigenvalue weighted by Crippen LogP contribution is -2.37. The minimum atomic E-state index is -1.53. The number of nitrogens with zero attached hydrogens (tertiary/aromatic N) is 3. The second-order valence-corrected chi connectivity index (χ2v) is 17.3. The van der Waals surface area contributed by atoms with E-state index in [0.717, 1.165) is 33.2 Å². The van der Waals surface area contributed by atoms with Crippen molar-refractivity contribution in [2.45, 2.75) is 19.6 Å². The van der Waals surface area contributed by atoms with Crippen molar-refractivity contribution >= 4 is 24.0 Å². The van der Waals surface area contributed by atoms with Crippen molar-refractivity contribution in [3.05, 3.63) is 146 Å². The SMILES string of the molecule is C[Si](C)(C)c1cccc(-c2nc(-c3cccc(-c4cccc(-c5ccccc5)c4)c3)nc(-c3ccc4ccccc4c3)n2)c1. The van der Waals surface area contributed by atoms with Gasteiger partial charge in [-0.05, 0) is 51.2 Å². The van der Waals surface area contributed by atoms with Crippen LogP contribution in [-0.2, 0) is 0 Å². The summed E-state index contributed by atoms with van der Waals surface area (Å²) in [6.07, 6.45) is 0. The first-order valence-corrected chi connectivity index (χ1v) is 18.5. The summed E-state index contributed by atoms with van der Waals surface area (Å²) in [5, 5.41) is 3.73. The highest BCUT2D eigenvalue weighted by molar-refractivity contribution is 6.88. The van der Waals surface area contributed by atoms with Crippen molar-refractivity contribution in [2.24, 2.45) is 0 Å². The number of benzene rings is 6. The predicted octanol–water partition coefficient (Wildman–Crippen LogP) is 9.90. The van der Waals surface area contributed by atoms with Crippen molar-refractivity contribution in [1.82, 2.24) is 15.0 Å². The lowest BCUT2D eigenvalue weighted by molar-refractivity contribution is 1.07. The third-order valence-corrected chi connectivity index (χ3v) is 10.1. The maximum Gasteiger partial charge on any atom is 0.164 e. The number of aromatic nitrogens is 3. The summed E-state index contributed by atoms with van der Waals surface area (Å²) in [7, 11) is -1.53. The molecule has 6 aromatic carbocycles. The van der Waals surface area contributed by atoms with Crippen LogP contribution >= 0.6 is 0 Å². The van der Waals surface area contributed by atoms with Gasteiger partial charge in [-0.25, -0.2) is 15.0 Å². The zero-order chi connectivity index (χ0) is 30.1. The molecule has 0 aliphatic rings. The van der Waals surface area contributed by atoms with Crippen molar-refractivity contribution in [2.75, 3.05) is 0 Å². The van der Waals surface area contributed by atoms with E-state index < -0.39 is 8.07 Å². The second-order valence-electron chi connectivity index (χ2n) is 12.2. The predicted molar refractivity (Wildman–Crippen MR) is 187 cm³/mol. The van der Waals surface area contributed by atoms with Crippen molar-refractivity contribution in [1.29, 1.82) is 0 Å². The lowest BCUT2D eigenvalue weighted by atomic mass is 9.98. The highest BCUT2D eigenvalue weighted by Gasteiger charge is 2.19. The highest BCUT2D eigenvalue weighted by Crippen LogP contribution is 2.31. The maximum absolute atomic E-state index is 5.08. The molecule has 1 heterocycles. The molecule has 0 aliphatic heterocycles. The van der Waals surface area contributed by atoms with E-state index in [0.29, 0.717) is 17.5 Å². The van der Waals surface area contributed by atoms with Crippen molar-refractivity contribution in [3.63, 3.8) is 0 Å². The molecule has 7 aromatic rings. The van der Waals surface area contributed by atoms with Crippen LogP contribution in [0, 0.1) is 0 Å². The van der Waals surface area contributed by atoms with E-state index in [9.17, 15) is 0 Å². The maximum atomic E-state index is 5.08. The summed E-state index contributed by atoms with van der Waals surface area (Å²) < 4.78 is 0. The minimum Gasteiger partial charge on any atom is -0.208 e. The molecule has 7 rings (SSSR count). The molecule has 0 atom stereocenters. The van der Waals surface area contributed by atoms with Gasteiger partial charge in [0.25, 0.3) is 0 Å². The molecule has 0 unspecified atom stereocenters. The molecule has 0 fully saturated rings. The highest BCUT2D eigenvalue weighted by atomic mass is 28.3. The first-order valence-electron chi connectivity index (χ1n) is 15.0. The van der Waals surface area contributed by atoms with Gasteiger partial charge in [0, 0.05) is 16.7 Å². The van der Waals surface area contributed by atoms with Gasteiger partial charge in [0.1, 0.15) is 0 Å². The Bertz CT molecular complexity index is 2110. The molecule has 44 heavy (non-hydrogen) atoms. The van der Waals surface area contributed by atoms with E-state index >= 15 is 0 Å². The Morgan fingerprint density at radius 2 is 0.795 bits per heavy atom. The Hall–Kier alpha value is -5.19. The second kappa shape index (κ2) is 11.5. The summed E-state index contributed by atoms with van der Waals surface area (Å²) in [6.45, 7) is 7.09. The quantitative estimate of drug-likeness (QED) is 0.183. The van der Waals surface area contributed by atoms with E-state index in [4.69, 9.17) is 15.0 Å². The molecule has 4 heteroatoms. The Labute approximate surface area is 260 Å². The van der Waals surface area contributed by atoms with Crippen LogP contribution in [0.5, 0.6) is 0 Å². The molecule has 0 saturated heterocycles. The van der Waals surface area contributed by atoms with Crippen molar-refractivity contribution < 1.29 is 0 Å². The van der Waals surface area contributed by atoms with Gasteiger partial charge in [-0.1, -0.05) is 152 Å². The Morgan fingerprint density at radius 1 is 0.341 bits per heavy atom. The van der Waals surface area contributed by atoms with Gasteiger partial charge >= 0.3 is 0 Å². The normalized spacial score (nSPS) is 11.5. The van der Waals surface area contributed by atoms with Gasteiger partial charge in [-0.3, -0.25) is 0 Å². The van der Waals surface area contributed by atoms with E-state index in [1.165, 1.54) is 21.7 Å². The van der Waals surface area contributed by atoms with Crippen LogP contribution in [0.1, 0.15) is 0 Å². The van der Waals surface area contributed by atoms with Crippen LogP contribution in [0.3, 0.4) is 0 Å². The van der Waals surface area contributed by atoms with Crippen LogP contribution in [0.2, 0.25) is 19.6 Å². The average Bonchev–Trinajstić information content (AvgIpc) is 3.08.